The monoisotopic (exact) mass is 213 g/mol. The van der Waals surface area contributed by atoms with E-state index in [-0.39, 0.29) is 12.1 Å². The quantitative estimate of drug-likeness (QED) is 0.712. The van der Waals surface area contributed by atoms with Crippen LogP contribution < -0.4 is 0 Å². The van der Waals surface area contributed by atoms with Gasteiger partial charge in [-0.1, -0.05) is 6.92 Å². The van der Waals surface area contributed by atoms with Crippen LogP contribution in [0.5, 0.6) is 0 Å². The molecule has 2 heterocycles. The predicted molar refractivity (Wildman–Crippen MR) is 59.8 cm³/mol. The van der Waals surface area contributed by atoms with Crippen molar-refractivity contribution in [2.75, 3.05) is 26.3 Å². The fourth-order valence-corrected chi connectivity index (χ4v) is 2.68. The summed E-state index contributed by atoms with van der Waals surface area (Å²) in [5, 5.41) is 9.96. The number of nitrogens with zero attached hydrogens (tertiary/aromatic N) is 1. The van der Waals surface area contributed by atoms with Crippen LogP contribution in [0, 0.1) is 5.92 Å². The van der Waals surface area contributed by atoms with Gasteiger partial charge in [-0.2, -0.15) is 0 Å². The van der Waals surface area contributed by atoms with E-state index in [0.29, 0.717) is 0 Å². The first kappa shape index (κ1) is 11.4. The fraction of sp³-hybridized carbons (Fsp3) is 1.00. The second kappa shape index (κ2) is 5.28. The summed E-state index contributed by atoms with van der Waals surface area (Å²) in [6.07, 6.45) is 4.50. The lowest BCUT2D eigenvalue weighted by molar-refractivity contribution is -0.0605. The minimum atomic E-state index is -0.174. The first-order chi connectivity index (χ1) is 7.27. The summed E-state index contributed by atoms with van der Waals surface area (Å²) in [5.74, 6) is 0.844. The molecule has 0 spiro atoms. The average Bonchev–Trinajstić information content (AvgIpc) is 2.44. The Kier molecular flexibility index (Phi) is 4.00. The van der Waals surface area contributed by atoms with Crippen molar-refractivity contribution in [1.82, 2.24) is 4.90 Å². The maximum atomic E-state index is 9.96. The highest BCUT2D eigenvalue weighted by atomic mass is 16.5. The molecule has 88 valence electrons. The number of ether oxygens (including phenoxy) is 1. The molecule has 0 saturated carbocycles. The Bertz CT molecular complexity index is 198. The largest absolute Gasteiger partial charge is 0.391 e. The van der Waals surface area contributed by atoms with Gasteiger partial charge in [0.15, 0.2) is 0 Å². The van der Waals surface area contributed by atoms with Crippen molar-refractivity contribution >= 4 is 0 Å². The van der Waals surface area contributed by atoms with Gasteiger partial charge in [-0.25, -0.2) is 0 Å². The first-order valence-corrected chi connectivity index (χ1v) is 6.27. The molecule has 15 heavy (non-hydrogen) atoms. The average molecular weight is 213 g/mol. The molecule has 3 atom stereocenters. The zero-order chi connectivity index (χ0) is 10.7. The third-order valence-corrected chi connectivity index (χ3v) is 3.81. The number of aliphatic hydroxyl groups excluding tert-OH is 1. The van der Waals surface area contributed by atoms with Gasteiger partial charge in [-0.05, 0) is 44.7 Å². The molecule has 2 aliphatic rings. The van der Waals surface area contributed by atoms with E-state index >= 15 is 0 Å². The SMILES string of the molecule is CC1CCCN(C2COCCC2O)CC1. The molecule has 3 unspecified atom stereocenters. The Morgan fingerprint density at radius 3 is 2.87 bits per heavy atom. The Morgan fingerprint density at radius 2 is 2.07 bits per heavy atom. The second-order valence-electron chi connectivity index (χ2n) is 5.07. The van der Waals surface area contributed by atoms with E-state index in [4.69, 9.17) is 4.74 Å². The maximum Gasteiger partial charge on any atom is 0.0739 e. The lowest BCUT2D eigenvalue weighted by atomic mass is 10.0. The molecule has 2 fully saturated rings. The van der Waals surface area contributed by atoms with Crippen molar-refractivity contribution in [3.63, 3.8) is 0 Å². The van der Waals surface area contributed by atoms with Gasteiger partial charge >= 0.3 is 0 Å². The van der Waals surface area contributed by atoms with E-state index in [9.17, 15) is 5.11 Å². The van der Waals surface area contributed by atoms with Crippen molar-refractivity contribution < 1.29 is 9.84 Å². The molecule has 1 N–H and O–H groups in total. The lowest BCUT2D eigenvalue weighted by Gasteiger charge is -2.36. The van der Waals surface area contributed by atoms with Crippen LogP contribution in [0.15, 0.2) is 0 Å². The highest BCUT2D eigenvalue weighted by molar-refractivity contribution is 4.83. The molecule has 0 bridgehead atoms. The van der Waals surface area contributed by atoms with Crippen molar-refractivity contribution in [3.05, 3.63) is 0 Å². The highest BCUT2D eigenvalue weighted by Crippen LogP contribution is 2.21. The summed E-state index contributed by atoms with van der Waals surface area (Å²) in [6.45, 7) is 6.04. The van der Waals surface area contributed by atoms with E-state index in [1.54, 1.807) is 0 Å². The van der Waals surface area contributed by atoms with Crippen LogP contribution in [0.2, 0.25) is 0 Å². The standard InChI is InChI=1S/C12H23NO2/c1-10-3-2-6-13(7-4-10)11-9-15-8-5-12(11)14/h10-12,14H,2-9H2,1H3. The molecule has 2 rings (SSSR count). The molecule has 0 aromatic rings. The summed E-state index contributed by atoms with van der Waals surface area (Å²) in [4.78, 5) is 2.44. The summed E-state index contributed by atoms with van der Waals surface area (Å²) in [5.41, 5.74) is 0. The predicted octanol–water partition coefficient (Wildman–Crippen LogP) is 1.26. The first-order valence-electron chi connectivity index (χ1n) is 6.27. The van der Waals surface area contributed by atoms with Gasteiger partial charge in [0.05, 0.1) is 18.8 Å². The zero-order valence-corrected chi connectivity index (χ0v) is 9.69. The smallest absolute Gasteiger partial charge is 0.0739 e. The summed E-state index contributed by atoms with van der Waals surface area (Å²) in [7, 11) is 0. The minimum Gasteiger partial charge on any atom is -0.391 e. The van der Waals surface area contributed by atoms with Crippen LogP contribution in [0.1, 0.15) is 32.6 Å². The Labute approximate surface area is 92.4 Å². The van der Waals surface area contributed by atoms with E-state index in [1.165, 1.54) is 19.3 Å². The zero-order valence-electron chi connectivity index (χ0n) is 9.69. The van der Waals surface area contributed by atoms with Gasteiger partial charge in [-0.15, -0.1) is 0 Å². The van der Waals surface area contributed by atoms with Crippen molar-refractivity contribution in [2.24, 2.45) is 5.92 Å². The normalized spacial score (nSPS) is 40.0. The molecule has 0 amide bonds. The van der Waals surface area contributed by atoms with Crippen LogP contribution in [-0.2, 0) is 4.74 Å². The molecule has 2 saturated heterocycles. The number of likely N-dealkylation sites (tertiary alicyclic amines) is 1. The van der Waals surface area contributed by atoms with Gasteiger partial charge in [0, 0.05) is 6.61 Å². The Balaban J connectivity index is 1.90. The second-order valence-corrected chi connectivity index (χ2v) is 5.07. The van der Waals surface area contributed by atoms with E-state index < -0.39 is 0 Å². The fourth-order valence-electron chi connectivity index (χ4n) is 2.68. The number of hydrogen-bond acceptors (Lipinski definition) is 3. The Hall–Kier alpha value is -0.120. The van der Waals surface area contributed by atoms with Crippen LogP contribution >= 0.6 is 0 Å². The third kappa shape index (κ3) is 2.92. The van der Waals surface area contributed by atoms with Crippen molar-refractivity contribution in [1.29, 1.82) is 0 Å². The van der Waals surface area contributed by atoms with E-state index in [2.05, 4.69) is 11.8 Å². The topological polar surface area (TPSA) is 32.7 Å². The molecule has 2 aliphatic heterocycles. The van der Waals surface area contributed by atoms with Gasteiger partial charge in [-0.3, -0.25) is 4.90 Å². The van der Waals surface area contributed by atoms with Crippen molar-refractivity contribution in [2.45, 2.75) is 44.8 Å². The molecule has 0 aromatic heterocycles. The number of aliphatic hydroxyl groups is 1. The van der Waals surface area contributed by atoms with Crippen LogP contribution in [0.4, 0.5) is 0 Å². The summed E-state index contributed by atoms with van der Waals surface area (Å²) >= 11 is 0. The van der Waals surface area contributed by atoms with Crippen LogP contribution in [0.25, 0.3) is 0 Å². The molecule has 0 radical (unpaired) electrons. The molecule has 0 aromatic carbocycles. The van der Waals surface area contributed by atoms with Gasteiger partial charge in [0.25, 0.3) is 0 Å². The van der Waals surface area contributed by atoms with Gasteiger partial charge in [0.2, 0.25) is 0 Å². The third-order valence-electron chi connectivity index (χ3n) is 3.81. The van der Waals surface area contributed by atoms with E-state index in [1.807, 2.05) is 0 Å². The summed E-state index contributed by atoms with van der Waals surface area (Å²) in [6, 6.07) is 0.254. The lowest BCUT2D eigenvalue weighted by Crippen LogP contribution is -2.50. The van der Waals surface area contributed by atoms with E-state index in [0.717, 1.165) is 38.6 Å². The number of hydrogen-bond donors (Lipinski definition) is 1. The molecule has 3 nitrogen and oxygen atoms in total. The molecule has 3 heteroatoms. The van der Waals surface area contributed by atoms with Crippen LogP contribution in [-0.4, -0.2) is 48.5 Å². The van der Waals surface area contributed by atoms with Gasteiger partial charge in [0.1, 0.15) is 0 Å². The number of rotatable bonds is 1. The van der Waals surface area contributed by atoms with Crippen molar-refractivity contribution in [3.8, 4) is 0 Å². The molecule has 0 aliphatic carbocycles. The molecular weight excluding hydrogens is 190 g/mol. The highest BCUT2D eigenvalue weighted by Gasteiger charge is 2.30. The Morgan fingerprint density at radius 1 is 1.20 bits per heavy atom. The van der Waals surface area contributed by atoms with Crippen LogP contribution in [0.3, 0.4) is 0 Å². The molecular formula is C12H23NO2. The summed E-state index contributed by atoms with van der Waals surface area (Å²) < 4.78 is 5.47. The van der Waals surface area contributed by atoms with Gasteiger partial charge < -0.3 is 9.84 Å². The minimum absolute atomic E-state index is 0.174. The maximum absolute atomic E-state index is 9.96.